The highest BCUT2D eigenvalue weighted by atomic mass is 32.1. The maximum Gasteiger partial charge on any atom is 0.166 e. The van der Waals surface area contributed by atoms with Crippen LogP contribution in [0.1, 0.15) is 6.42 Å². The second-order valence-electron chi connectivity index (χ2n) is 3.87. The molecule has 2 aromatic rings. The fourth-order valence-corrected chi connectivity index (χ4v) is 1.70. The molecule has 0 spiro atoms. The molecule has 0 radical (unpaired) electrons. The molecule has 0 aliphatic carbocycles. The second kappa shape index (κ2) is 4.67. The van der Waals surface area contributed by atoms with Crippen molar-refractivity contribution >= 4 is 23.4 Å². The number of aromatic nitrogens is 5. The van der Waals surface area contributed by atoms with Crippen molar-refractivity contribution < 1.29 is 0 Å². The van der Waals surface area contributed by atoms with Gasteiger partial charge in [-0.1, -0.05) is 17.4 Å². The minimum Gasteiger partial charge on any atom is -0.329 e. The normalized spacial score (nSPS) is 11.4. The van der Waals surface area contributed by atoms with Crippen molar-refractivity contribution in [2.24, 2.45) is 0 Å². The van der Waals surface area contributed by atoms with Gasteiger partial charge in [-0.2, -0.15) is 0 Å². The van der Waals surface area contributed by atoms with Crippen molar-refractivity contribution in [1.29, 1.82) is 0 Å². The van der Waals surface area contributed by atoms with Crippen LogP contribution in [0.5, 0.6) is 0 Å². The summed E-state index contributed by atoms with van der Waals surface area (Å²) < 4.78 is 2.32. The first-order valence-corrected chi connectivity index (χ1v) is 5.51. The topological polar surface area (TPSA) is 62.6 Å². The van der Waals surface area contributed by atoms with E-state index in [1.165, 1.54) is 0 Å². The quantitative estimate of drug-likeness (QED) is 0.800. The van der Waals surface area contributed by atoms with E-state index in [2.05, 4.69) is 39.3 Å². The van der Waals surface area contributed by atoms with Crippen molar-refractivity contribution in [2.45, 2.75) is 13.0 Å². The lowest BCUT2D eigenvalue weighted by Crippen LogP contribution is -2.15. The molecule has 0 amide bonds. The van der Waals surface area contributed by atoms with Gasteiger partial charge in [-0.3, -0.25) is 0 Å². The molecular weight excluding hydrogens is 224 g/mol. The third-order valence-electron chi connectivity index (χ3n) is 2.30. The zero-order chi connectivity index (χ0) is 11.5. The van der Waals surface area contributed by atoms with Crippen LogP contribution >= 0.6 is 12.2 Å². The van der Waals surface area contributed by atoms with E-state index >= 15 is 0 Å². The van der Waals surface area contributed by atoms with Crippen LogP contribution in [0, 0.1) is 4.64 Å². The van der Waals surface area contributed by atoms with Gasteiger partial charge >= 0.3 is 0 Å². The molecule has 2 heterocycles. The summed E-state index contributed by atoms with van der Waals surface area (Å²) in [4.78, 5) is 9.13. The van der Waals surface area contributed by atoms with Gasteiger partial charge in [0, 0.05) is 6.54 Å². The van der Waals surface area contributed by atoms with Crippen LogP contribution in [-0.4, -0.2) is 50.5 Å². The number of hydrogen-bond acceptors (Lipinski definition) is 5. The number of aromatic amines is 1. The highest BCUT2D eigenvalue weighted by molar-refractivity contribution is 7.71. The van der Waals surface area contributed by atoms with E-state index < -0.39 is 0 Å². The SMILES string of the molecule is CN(C)CCCn1nnc2c(=S)nc[nH]c21. The first-order chi connectivity index (χ1) is 7.68. The smallest absolute Gasteiger partial charge is 0.166 e. The van der Waals surface area contributed by atoms with Crippen LogP contribution in [0.4, 0.5) is 0 Å². The summed E-state index contributed by atoms with van der Waals surface area (Å²) in [7, 11) is 4.10. The Morgan fingerprint density at radius 1 is 1.50 bits per heavy atom. The molecule has 0 fully saturated rings. The van der Waals surface area contributed by atoms with Crippen molar-refractivity contribution in [3.8, 4) is 0 Å². The summed E-state index contributed by atoms with van der Waals surface area (Å²) in [6, 6.07) is 0. The summed E-state index contributed by atoms with van der Waals surface area (Å²) in [6.45, 7) is 1.84. The number of fused-ring (bicyclic) bond motifs is 1. The fraction of sp³-hybridized carbons (Fsp3) is 0.556. The number of rotatable bonds is 4. The largest absolute Gasteiger partial charge is 0.329 e. The van der Waals surface area contributed by atoms with Gasteiger partial charge in [0.2, 0.25) is 0 Å². The van der Waals surface area contributed by atoms with Crippen molar-refractivity contribution in [1.82, 2.24) is 29.9 Å². The van der Waals surface area contributed by atoms with Crippen LogP contribution in [0.25, 0.3) is 11.2 Å². The van der Waals surface area contributed by atoms with Gasteiger partial charge in [0.15, 0.2) is 15.8 Å². The first kappa shape index (κ1) is 11.2. The average Bonchev–Trinajstić information content (AvgIpc) is 2.63. The summed E-state index contributed by atoms with van der Waals surface area (Å²) in [5.74, 6) is 0. The van der Waals surface area contributed by atoms with Crippen LogP contribution in [0.15, 0.2) is 6.33 Å². The Morgan fingerprint density at radius 3 is 3.06 bits per heavy atom. The lowest BCUT2D eigenvalue weighted by Gasteiger charge is -2.08. The molecule has 86 valence electrons. The minimum atomic E-state index is 0.493. The molecule has 0 unspecified atom stereocenters. The standard InChI is InChI=1S/C9H14N6S/c1-14(2)4-3-5-15-8-7(12-13-15)9(16)11-6-10-8/h6H,3-5H2,1-2H3,(H,10,11,16). The molecule has 6 nitrogen and oxygen atoms in total. The van der Waals surface area contributed by atoms with E-state index in [1.54, 1.807) is 6.33 Å². The number of nitrogens with zero attached hydrogens (tertiary/aromatic N) is 5. The number of H-pyrrole nitrogens is 1. The van der Waals surface area contributed by atoms with Gasteiger partial charge in [-0.05, 0) is 27.1 Å². The Kier molecular flexibility index (Phi) is 3.25. The lowest BCUT2D eigenvalue weighted by atomic mass is 10.4. The molecule has 7 heteroatoms. The Bertz CT molecular complexity index is 528. The highest BCUT2D eigenvalue weighted by Gasteiger charge is 2.05. The first-order valence-electron chi connectivity index (χ1n) is 5.10. The molecule has 2 rings (SSSR count). The summed E-state index contributed by atoms with van der Waals surface area (Å²) in [5.41, 5.74) is 1.51. The van der Waals surface area contributed by atoms with E-state index in [-0.39, 0.29) is 0 Å². The molecule has 1 N–H and O–H groups in total. The Morgan fingerprint density at radius 2 is 2.31 bits per heavy atom. The zero-order valence-corrected chi connectivity index (χ0v) is 10.2. The zero-order valence-electron chi connectivity index (χ0n) is 9.34. The van der Waals surface area contributed by atoms with Gasteiger partial charge in [0.05, 0.1) is 6.33 Å². The molecule has 16 heavy (non-hydrogen) atoms. The molecule has 0 atom stereocenters. The van der Waals surface area contributed by atoms with Crippen molar-refractivity contribution in [2.75, 3.05) is 20.6 Å². The number of nitrogens with one attached hydrogen (secondary N) is 1. The maximum atomic E-state index is 5.07. The predicted molar refractivity (Wildman–Crippen MR) is 63.7 cm³/mol. The Hall–Kier alpha value is -1.34. The molecule has 0 bridgehead atoms. The summed E-state index contributed by atoms with van der Waals surface area (Å²) in [6.07, 6.45) is 2.60. The minimum absolute atomic E-state index is 0.493. The summed E-state index contributed by atoms with van der Waals surface area (Å²) in [5, 5.41) is 8.08. The van der Waals surface area contributed by atoms with Crippen LogP contribution in [-0.2, 0) is 6.54 Å². The lowest BCUT2D eigenvalue weighted by molar-refractivity contribution is 0.380. The van der Waals surface area contributed by atoms with Gasteiger partial charge in [0.25, 0.3) is 0 Å². The molecule has 0 aromatic carbocycles. The highest BCUT2D eigenvalue weighted by Crippen LogP contribution is 2.07. The van der Waals surface area contributed by atoms with Gasteiger partial charge in [-0.15, -0.1) is 5.10 Å². The Labute approximate surface area is 98.3 Å². The molecule has 2 aromatic heterocycles. The van der Waals surface area contributed by atoms with Crippen LogP contribution < -0.4 is 0 Å². The molecule has 0 saturated carbocycles. The maximum absolute atomic E-state index is 5.07. The third-order valence-corrected chi connectivity index (χ3v) is 2.59. The van der Waals surface area contributed by atoms with Crippen LogP contribution in [0.3, 0.4) is 0 Å². The molecule has 0 saturated heterocycles. The van der Waals surface area contributed by atoms with E-state index in [9.17, 15) is 0 Å². The Balaban J connectivity index is 2.19. The fourth-order valence-electron chi connectivity index (χ4n) is 1.51. The monoisotopic (exact) mass is 238 g/mol. The van der Waals surface area contributed by atoms with Gasteiger partial charge in [0.1, 0.15) is 0 Å². The van der Waals surface area contributed by atoms with E-state index in [1.807, 2.05) is 4.68 Å². The number of aryl methyl sites for hydroxylation is 1. The van der Waals surface area contributed by atoms with Crippen molar-refractivity contribution in [3.63, 3.8) is 0 Å². The van der Waals surface area contributed by atoms with E-state index in [4.69, 9.17) is 12.2 Å². The van der Waals surface area contributed by atoms with Crippen LogP contribution in [0.2, 0.25) is 0 Å². The average molecular weight is 238 g/mol. The van der Waals surface area contributed by atoms with E-state index in [0.29, 0.717) is 10.2 Å². The molecule has 0 aliphatic rings. The second-order valence-corrected chi connectivity index (χ2v) is 4.26. The molecular formula is C9H14N6S. The third kappa shape index (κ3) is 2.25. The van der Waals surface area contributed by atoms with Gasteiger partial charge in [-0.25, -0.2) is 9.67 Å². The number of hydrogen-bond donors (Lipinski definition) is 1. The predicted octanol–water partition coefficient (Wildman–Crippen LogP) is 0.836. The molecule has 0 aliphatic heterocycles. The van der Waals surface area contributed by atoms with E-state index in [0.717, 1.165) is 25.2 Å². The summed E-state index contributed by atoms with van der Waals surface area (Å²) >= 11 is 5.07. The van der Waals surface area contributed by atoms with Gasteiger partial charge < -0.3 is 9.88 Å². The van der Waals surface area contributed by atoms with Crippen molar-refractivity contribution in [3.05, 3.63) is 11.0 Å².